The number of nitrogens with zero attached hydrogens (tertiary/aromatic N) is 1. The molecular weight excluding hydrogens is 264 g/mol. The minimum atomic E-state index is -0.378. The smallest absolute Gasteiger partial charge is 0.242 e. The number of likely N-dealkylation sites (tertiary alicyclic amines) is 1. The lowest BCUT2D eigenvalue weighted by molar-refractivity contribution is -0.138. The van der Waals surface area contributed by atoms with Crippen molar-refractivity contribution in [2.24, 2.45) is 0 Å². The van der Waals surface area contributed by atoms with Crippen molar-refractivity contribution in [1.29, 1.82) is 0 Å². The molecule has 0 bridgehead atoms. The van der Waals surface area contributed by atoms with E-state index in [4.69, 9.17) is 0 Å². The quantitative estimate of drug-likeness (QED) is 0.680. The van der Waals surface area contributed by atoms with Gasteiger partial charge in [-0.2, -0.15) is 0 Å². The van der Waals surface area contributed by atoms with Gasteiger partial charge in [0.15, 0.2) is 0 Å². The molecular formula is C13H22N2O3S. The Hall–Kier alpha value is -1.04. The van der Waals surface area contributed by atoms with Gasteiger partial charge < -0.3 is 5.32 Å². The Labute approximate surface area is 118 Å². The number of imide groups is 1. The molecule has 0 aliphatic carbocycles. The van der Waals surface area contributed by atoms with Gasteiger partial charge in [0.05, 0.1) is 11.0 Å². The summed E-state index contributed by atoms with van der Waals surface area (Å²) in [7, 11) is 0. The van der Waals surface area contributed by atoms with Crippen molar-refractivity contribution in [3.63, 3.8) is 0 Å². The lowest BCUT2D eigenvalue weighted by atomic mass is 10.3. The first-order chi connectivity index (χ1) is 9.10. The van der Waals surface area contributed by atoms with E-state index in [1.807, 2.05) is 13.8 Å². The van der Waals surface area contributed by atoms with E-state index in [-0.39, 0.29) is 35.1 Å². The van der Waals surface area contributed by atoms with Crippen LogP contribution in [0.3, 0.4) is 0 Å². The van der Waals surface area contributed by atoms with E-state index in [0.717, 1.165) is 19.3 Å². The van der Waals surface area contributed by atoms with Crippen LogP contribution in [0.1, 0.15) is 39.5 Å². The first kappa shape index (κ1) is 16.0. The maximum Gasteiger partial charge on any atom is 0.242 e. The van der Waals surface area contributed by atoms with E-state index in [1.165, 1.54) is 16.7 Å². The zero-order valence-electron chi connectivity index (χ0n) is 11.6. The molecule has 108 valence electrons. The summed E-state index contributed by atoms with van der Waals surface area (Å²) in [6.45, 7) is 5.17. The third-order valence-electron chi connectivity index (χ3n) is 2.93. The summed E-state index contributed by atoms with van der Waals surface area (Å²) < 4.78 is 0. The van der Waals surface area contributed by atoms with Crippen molar-refractivity contribution in [3.8, 4) is 0 Å². The molecule has 1 heterocycles. The van der Waals surface area contributed by atoms with Crippen molar-refractivity contribution < 1.29 is 14.4 Å². The van der Waals surface area contributed by atoms with Crippen molar-refractivity contribution in [2.75, 3.05) is 18.8 Å². The van der Waals surface area contributed by atoms with Crippen LogP contribution in [0.4, 0.5) is 0 Å². The monoisotopic (exact) mass is 286 g/mol. The number of rotatable bonds is 8. The predicted molar refractivity (Wildman–Crippen MR) is 75.8 cm³/mol. The van der Waals surface area contributed by atoms with Crippen LogP contribution in [-0.2, 0) is 14.4 Å². The second kappa shape index (κ2) is 8.19. The Morgan fingerprint density at radius 3 is 2.74 bits per heavy atom. The van der Waals surface area contributed by atoms with E-state index in [9.17, 15) is 14.4 Å². The largest absolute Gasteiger partial charge is 0.355 e. The zero-order chi connectivity index (χ0) is 14.3. The van der Waals surface area contributed by atoms with E-state index < -0.39 is 0 Å². The molecule has 1 fully saturated rings. The average molecular weight is 286 g/mol. The number of thioether (sulfide) groups is 1. The third-order valence-corrected chi connectivity index (χ3v) is 4.13. The molecule has 1 aliphatic heterocycles. The zero-order valence-corrected chi connectivity index (χ0v) is 12.4. The van der Waals surface area contributed by atoms with E-state index in [2.05, 4.69) is 5.32 Å². The van der Waals surface area contributed by atoms with Crippen molar-refractivity contribution in [2.45, 2.75) is 44.8 Å². The maximum absolute atomic E-state index is 12.0. The number of amides is 3. The molecule has 6 heteroatoms. The van der Waals surface area contributed by atoms with Crippen LogP contribution in [0.15, 0.2) is 0 Å². The Morgan fingerprint density at radius 2 is 2.11 bits per heavy atom. The Kier molecular flexibility index (Phi) is 6.91. The summed E-state index contributed by atoms with van der Waals surface area (Å²) >= 11 is 1.27. The number of hydrogen-bond donors (Lipinski definition) is 1. The van der Waals surface area contributed by atoms with E-state index in [1.54, 1.807) is 0 Å². The summed E-state index contributed by atoms with van der Waals surface area (Å²) in [5, 5.41) is 2.38. The van der Waals surface area contributed by atoms with Crippen LogP contribution in [0.2, 0.25) is 0 Å². The van der Waals surface area contributed by atoms with E-state index >= 15 is 0 Å². The van der Waals surface area contributed by atoms with Crippen LogP contribution in [0, 0.1) is 0 Å². The number of unbranched alkanes of at least 4 members (excludes halogenated alkanes) is 1. The van der Waals surface area contributed by atoms with Gasteiger partial charge in [0.25, 0.3) is 0 Å². The Morgan fingerprint density at radius 1 is 1.37 bits per heavy atom. The first-order valence-corrected chi connectivity index (χ1v) is 7.87. The summed E-state index contributed by atoms with van der Waals surface area (Å²) in [6, 6.07) is 0. The third kappa shape index (κ3) is 4.86. The summed E-state index contributed by atoms with van der Waals surface area (Å²) in [4.78, 5) is 36.5. The summed E-state index contributed by atoms with van der Waals surface area (Å²) in [6.07, 6.45) is 2.91. The van der Waals surface area contributed by atoms with Crippen molar-refractivity contribution in [1.82, 2.24) is 10.2 Å². The standard InChI is InChI=1S/C13H22N2O3S/c1-3-5-7-15-12(17)8-10(13(15)18)19-9-11(16)14-6-4-2/h10H,3-9H2,1-2H3,(H,14,16). The molecule has 5 nitrogen and oxygen atoms in total. The van der Waals surface area contributed by atoms with Gasteiger partial charge in [-0.05, 0) is 12.8 Å². The highest BCUT2D eigenvalue weighted by molar-refractivity contribution is 8.01. The van der Waals surface area contributed by atoms with Gasteiger partial charge in [-0.1, -0.05) is 20.3 Å². The molecule has 0 spiro atoms. The molecule has 0 aromatic rings. The van der Waals surface area contributed by atoms with Gasteiger partial charge in [-0.15, -0.1) is 11.8 Å². The highest BCUT2D eigenvalue weighted by Gasteiger charge is 2.38. The Balaban J connectivity index is 2.37. The second-order valence-corrected chi connectivity index (χ2v) is 5.78. The molecule has 1 atom stereocenters. The lowest BCUT2D eigenvalue weighted by Crippen LogP contribution is -2.33. The van der Waals surface area contributed by atoms with Gasteiger partial charge in [0.1, 0.15) is 0 Å². The van der Waals surface area contributed by atoms with Crippen LogP contribution < -0.4 is 5.32 Å². The van der Waals surface area contributed by atoms with Crippen LogP contribution >= 0.6 is 11.8 Å². The van der Waals surface area contributed by atoms with Crippen LogP contribution in [0.5, 0.6) is 0 Å². The highest BCUT2D eigenvalue weighted by atomic mass is 32.2. The molecule has 19 heavy (non-hydrogen) atoms. The topological polar surface area (TPSA) is 66.5 Å². The molecule has 1 rings (SSSR count). The van der Waals surface area contributed by atoms with Gasteiger partial charge in [0, 0.05) is 19.5 Å². The molecule has 1 saturated heterocycles. The molecule has 3 amide bonds. The highest BCUT2D eigenvalue weighted by Crippen LogP contribution is 2.25. The normalized spacial score (nSPS) is 19.1. The van der Waals surface area contributed by atoms with Crippen LogP contribution in [-0.4, -0.2) is 46.7 Å². The van der Waals surface area contributed by atoms with Crippen molar-refractivity contribution in [3.05, 3.63) is 0 Å². The molecule has 1 unspecified atom stereocenters. The maximum atomic E-state index is 12.0. The molecule has 0 radical (unpaired) electrons. The fourth-order valence-corrected chi connectivity index (χ4v) is 2.81. The average Bonchev–Trinajstić information content (AvgIpc) is 2.66. The fourth-order valence-electron chi connectivity index (χ4n) is 1.83. The second-order valence-electron chi connectivity index (χ2n) is 4.59. The van der Waals surface area contributed by atoms with E-state index in [0.29, 0.717) is 13.1 Å². The van der Waals surface area contributed by atoms with Crippen LogP contribution in [0.25, 0.3) is 0 Å². The molecule has 1 aliphatic rings. The fraction of sp³-hybridized carbons (Fsp3) is 0.769. The number of hydrogen-bond acceptors (Lipinski definition) is 4. The predicted octanol–water partition coefficient (Wildman–Crippen LogP) is 1.17. The SMILES string of the molecule is CCCCN1C(=O)CC(SCC(=O)NCCC)C1=O. The lowest BCUT2D eigenvalue weighted by Gasteiger charge is -2.13. The van der Waals surface area contributed by atoms with Gasteiger partial charge >= 0.3 is 0 Å². The molecule has 1 N–H and O–H groups in total. The van der Waals surface area contributed by atoms with Crippen molar-refractivity contribution >= 4 is 29.5 Å². The number of carbonyl (C=O) groups is 3. The molecule has 0 aromatic carbocycles. The van der Waals surface area contributed by atoms with Gasteiger partial charge in [0.2, 0.25) is 17.7 Å². The van der Waals surface area contributed by atoms with Gasteiger partial charge in [-0.25, -0.2) is 0 Å². The molecule has 0 aromatic heterocycles. The number of nitrogens with one attached hydrogen (secondary N) is 1. The minimum Gasteiger partial charge on any atom is -0.355 e. The minimum absolute atomic E-state index is 0.0703. The molecule has 0 saturated carbocycles. The first-order valence-electron chi connectivity index (χ1n) is 6.82. The number of carbonyl (C=O) groups excluding carboxylic acids is 3. The summed E-state index contributed by atoms with van der Waals surface area (Å²) in [5.41, 5.74) is 0. The summed E-state index contributed by atoms with van der Waals surface area (Å²) in [5.74, 6) is -0.0681. The van der Waals surface area contributed by atoms with Gasteiger partial charge in [-0.3, -0.25) is 19.3 Å². The Bertz CT molecular complexity index is 347.